The molecule has 1 amide bonds. The van der Waals surface area contributed by atoms with Gasteiger partial charge in [-0.05, 0) is 48.9 Å². The molecule has 1 atom stereocenters. The standard InChI is InChI=1S/C22H20N4O3/c1-15(21(27)25-19-6-4-5-17(12-19)13-23)29-22(28)18(14-24)11-16-7-9-20(10-8-16)26(2)3/h4-12,15H,1-3H3,(H,25,27)/b18-11+/t15-/m0/s1. The normalized spacial score (nSPS) is 11.6. The molecule has 0 bridgehead atoms. The number of nitriles is 2. The number of carbonyl (C=O) groups is 2. The zero-order chi connectivity index (χ0) is 21.4. The quantitative estimate of drug-likeness (QED) is 0.463. The molecule has 29 heavy (non-hydrogen) atoms. The predicted octanol–water partition coefficient (Wildman–Crippen LogP) is 3.10. The van der Waals surface area contributed by atoms with Crippen LogP contribution in [0.5, 0.6) is 0 Å². The van der Waals surface area contributed by atoms with Gasteiger partial charge in [-0.3, -0.25) is 4.79 Å². The molecule has 0 aliphatic rings. The van der Waals surface area contributed by atoms with Crippen LogP contribution in [0.4, 0.5) is 11.4 Å². The van der Waals surface area contributed by atoms with E-state index in [4.69, 9.17) is 10.00 Å². The minimum absolute atomic E-state index is 0.214. The van der Waals surface area contributed by atoms with Crippen LogP contribution in [0.1, 0.15) is 18.1 Å². The van der Waals surface area contributed by atoms with E-state index in [2.05, 4.69) is 5.32 Å². The number of carbonyl (C=O) groups excluding carboxylic acids is 2. The molecule has 1 N–H and O–H groups in total. The summed E-state index contributed by atoms with van der Waals surface area (Å²) in [7, 11) is 3.82. The molecule has 2 aromatic rings. The summed E-state index contributed by atoms with van der Waals surface area (Å²) in [5.41, 5.74) is 2.23. The molecule has 0 spiro atoms. The Bertz CT molecular complexity index is 1010. The molecule has 0 aromatic heterocycles. The smallest absolute Gasteiger partial charge is 0.349 e. The highest BCUT2D eigenvalue weighted by Gasteiger charge is 2.20. The number of nitrogens with one attached hydrogen (secondary N) is 1. The number of nitrogens with zero attached hydrogens (tertiary/aromatic N) is 3. The fraction of sp³-hybridized carbons (Fsp3) is 0.182. The lowest BCUT2D eigenvalue weighted by atomic mass is 10.1. The van der Waals surface area contributed by atoms with Crippen molar-refractivity contribution in [2.75, 3.05) is 24.3 Å². The van der Waals surface area contributed by atoms with E-state index in [9.17, 15) is 14.9 Å². The second-order valence-corrected chi connectivity index (χ2v) is 6.39. The van der Waals surface area contributed by atoms with Gasteiger partial charge in [-0.15, -0.1) is 0 Å². The number of esters is 1. The number of hydrogen-bond acceptors (Lipinski definition) is 6. The van der Waals surface area contributed by atoms with Gasteiger partial charge in [-0.1, -0.05) is 18.2 Å². The SMILES string of the molecule is C[C@H](OC(=O)/C(C#N)=C/c1ccc(N(C)C)cc1)C(=O)Nc1cccc(C#N)c1. The average Bonchev–Trinajstić information content (AvgIpc) is 2.72. The van der Waals surface area contributed by atoms with Crippen molar-refractivity contribution in [2.45, 2.75) is 13.0 Å². The molecule has 2 aromatic carbocycles. The van der Waals surface area contributed by atoms with E-state index in [1.54, 1.807) is 36.4 Å². The Kier molecular flexibility index (Phi) is 7.11. The first-order valence-corrected chi connectivity index (χ1v) is 8.75. The molecule has 0 aliphatic heterocycles. The first-order valence-electron chi connectivity index (χ1n) is 8.75. The van der Waals surface area contributed by atoms with Crippen LogP contribution in [-0.4, -0.2) is 32.1 Å². The molecular weight excluding hydrogens is 368 g/mol. The van der Waals surface area contributed by atoms with Crippen LogP contribution in [-0.2, 0) is 14.3 Å². The highest BCUT2D eigenvalue weighted by Crippen LogP contribution is 2.16. The van der Waals surface area contributed by atoms with Gasteiger partial charge in [0.1, 0.15) is 11.6 Å². The van der Waals surface area contributed by atoms with Gasteiger partial charge in [0, 0.05) is 25.5 Å². The Balaban J connectivity index is 2.05. The number of ether oxygens (including phenoxy) is 1. The van der Waals surface area contributed by atoms with E-state index in [0.717, 1.165) is 5.69 Å². The summed E-state index contributed by atoms with van der Waals surface area (Å²) in [5, 5.41) is 20.8. The van der Waals surface area contributed by atoms with Crippen LogP contribution in [0.3, 0.4) is 0 Å². The van der Waals surface area contributed by atoms with Gasteiger partial charge in [0.25, 0.3) is 5.91 Å². The van der Waals surface area contributed by atoms with Crippen LogP contribution >= 0.6 is 0 Å². The molecule has 0 fully saturated rings. The van der Waals surface area contributed by atoms with Gasteiger partial charge in [-0.25, -0.2) is 4.79 Å². The average molecular weight is 388 g/mol. The number of rotatable bonds is 6. The molecule has 7 heteroatoms. The summed E-state index contributed by atoms with van der Waals surface area (Å²) in [6, 6.07) is 17.4. The van der Waals surface area contributed by atoms with E-state index in [1.165, 1.54) is 19.1 Å². The number of hydrogen-bond donors (Lipinski definition) is 1. The number of anilines is 2. The fourth-order valence-corrected chi connectivity index (χ4v) is 2.36. The molecule has 0 saturated carbocycles. The Morgan fingerprint density at radius 2 is 1.83 bits per heavy atom. The largest absolute Gasteiger partial charge is 0.448 e. The molecule has 0 saturated heterocycles. The van der Waals surface area contributed by atoms with Crippen LogP contribution in [0.2, 0.25) is 0 Å². The Hall–Kier alpha value is -4.10. The lowest BCUT2D eigenvalue weighted by molar-refractivity contribution is -0.148. The van der Waals surface area contributed by atoms with E-state index in [1.807, 2.05) is 37.2 Å². The lowest BCUT2D eigenvalue weighted by Gasteiger charge is -2.13. The maximum atomic E-state index is 12.3. The Labute approximate surface area is 169 Å². The van der Waals surface area contributed by atoms with E-state index < -0.39 is 18.0 Å². The summed E-state index contributed by atoms with van der Waals surface area (Å²) in [5.74, 6) is -1.46. The highest BCUT2D eigenvalue weighted by atomic mass is 16.5. The lowest BCUT2D eigenvalue weighted by Crippen LogP contribution is -2.30. The molecule has 0 radical (unpaired) electrons. The van der Waals surface area contributed by atoms with Crippen molar-refractivity contribution in [1.29, 1.82) is 10.5 Å². The van der Waals surface area contributed by atoms with E-state index in [0.29, 0.717) is 16.8 Å². The maximum absolute atomic E-state index is 12.3. The molecule has 0 aliphatic carbocycles. The molecule has 7 nitrogen and oxygen atoms in total. The Morgan fingerprint density at radius 3 is 2.41 bits per heavy atom. The van der Waals surface area contributed by atoms with Crippen LogP contribution in [0, 0.1) is 22.7 Å². The van der Waals surface area contributed by atoms with Crippen molar-refractivity contribution in [3.63, 3.8) is 0 Å². The highest BCUT2D eigenvalue weighted by molar-refractivity contribution is 6.01. The summed E-state index contributed by atoms with van der Waals surface area (Å²) in [6.07, 6.45) is 0.282. The van der Waals surface area contributed by atoms with Gasteiger partial charge in [0.2, 0.25) is 0 Å². The van der Waals surface area contributed by atoms with Crippen LogP contribution in [0.15, 0.2) is 54.1 Å². The maximum Gasteiger partial charge on any atom is 0.349 e. The van der Waals surface area contributed by atoms with Gasteiger partial charge < -0.3 is 15.0 Å². The van der Waals surface area contributed by atoms with E-state index >= 15 is 0 Å². The first-order chi connectivity index (χ1) is 13.8. The minimum Gasteiger partial charge on any atom is -0.448 e. The van der Waals surface area contributed by atoms with Crippen LogP contribution < -0.4 is 10.2 Å². The van der Waals surface area contributed by atoms with Crippen molar-refractivity contribution >= 4 is 29.3 Å². The molecule has 2 rings (SSSR count). The molecule has 146 valence electrons. The van der Waals surface area contributed by atoms with E-state index in [-0.39, 0.29) is 5.57 Å². The Morgan fingerprint density at radius 1 is 1.14 bits per heavy atom. The third-order valence-corrected chi connectivity index (χ3v) is 3.97. The summed E-state index contributed by atoms with van der Waals surface area (Å²) < 4.78 is 5.11. The number of amides is 1. The zero-order valence-corrected chi connectivity index (χ0v) is 16.3. The van der Waals surface area contributed by atoms with Crippen molar-refractivity contribution in [1.82, 2.24) is 0 Å². The second kappa shape index (κ2) is 9.72. The molecule has 0 unspecified atom stereocenters. The van der Waals surface area contributed by atoms with Gasteiger partial charge in [0.05, 0.1) is 11.6 Å². The van der Waals surface area contributed by atoms with Crippen molar-refractivity contribution in [3.05, 3.63) is 65.2 Å². The first kappa shape index (κ1) is 21.2. The van der Waals surface area contributed by atoms with Crippen molar-refractivity contribution < 1.29 is 14.3 Å². The predicted molar refractivity (Wildman–Crippen MR) is 110 cm³/mol. The van der Waals surface area contributed by atoms with Crippen LogP contribution in [0.25, 0.3) is 6.08 Å². The third kappa shape index (κ3) is 5.95. The summed E-state index contributed by atoms with van der Waals surface area (Å²) in [4.78, 5) is 26.4. The van der Waals surface area contributed by atoms with Crippen molar-refractivity contribution in [3.8, 4) is 12.1 Å². The zero-order valence-electron chi connectivity index (χ0n) is 16.3. The minimum atomic E-state index is -1.12. The topological polar surface area (TPSA) is 106 Å². The number of benzene rings is 2. The second-order valence-electron chi connectivity index (χ2n) is 6.39. The fourth-order valence-electron chi connectivity index (χ4n) is 2.36. The van der Waals surface area contributed by atoms with Gasteiger partial charge >= 0.3 is 5.97 Å². The molecular formula is C22H20N4O3. The van der Waals surface area contributed by atoms with Crippen molar-refractivity contribution in [2.24, 2.45) is 0 Å². The summed E-state index contributed by atoms with van der Waals surface area (Å²) in [6.45, 7) is 1.41. The molecule has 0 heterocycles. The monoisotopic (exact) mass is 388 g/mol. The summed E-state index contributed by atoms with van der Waals surface area (Å²) >= 11 is 0. The third-order valence-electron chi connectivity index (χ3n) is 3.97. The van der Waals surface area contributed by atoms with Gasteiger partial charge in [-0.2, -0.15) is 10.5 Å². The van der Waals surface area contributed by atoms with Gasteiger partial charge in [0.15, 0.2) is 6.10 Å².